The number of carboxylic acids is 1. The van der Waals surface area contributed by atoms with Crippen molar-refractivity contribution in [1.82, 2.24) is 4.98 Å². The van der Waals surface area contributed by atoms with Gasteiger partial charge in [0.1, 0.15) is 5.56 Å². The van der Waals surface area contributed by atoms with Gasteiger partial charge in [-0.2, -0.15) is 0 Å². The fraction of sp³-hybridized carbons (Fsp3) is 0.500. The second-order valence-electron chi connectivity index (χ2n) is 4.68. The molecule has 0 saturated heterocycles. The first kappa shape index (κ1) is 10.9. The Hall–Kier alpha value is -1.58. The van der Waals surface area contributed by atoms with E-state index in [1.54, 1.807) is 0 Å². The van der Waals surface area contributed by atoms with Crippen molar-refractivity contribution in [2.45, 2.75) is 26.7 Å². The number of aromatic amines is 1. The maximum atomic E-state index is 11.5. The smallest absolute Gasteiger partial charge is 0.341 e. The van der Waals surface area contributed by atoms with Crippen LogP contribution < -0.4 is 5.56 Å². The van der Waals surface area contributed by atoms with E-state index < -0.39 is 11.5 Å². The number of fused-ring (bicyclic) bond motifs is 1. The Morgan fingerprint density at radius 3 is 2.62 bits per heavy atom. The molecule has 1 aliphatic carbocycles. The summed E-state index contributed by atoms with van der Waals surface area (Å²) in [4.78, 5) is 25.0. The molecule has 2 unspecified atom stereocenters. The summed E-state index contributed by atoms with van der Waals surface area (Å²) in [6.07, 6.45) is 1.67. The molecular weight excluding hydrogens is 206 g/mol. The van der Waals surface area contributed by atoms with Crippen LogP contribution in [-0.4, -0.2) is 16.1 Å². The molecule has 0 fully saturated rings. The number of aromatic nitrogens is 1. The van der Waals surface area contributed by atoms with E-state index in [4.69, 9.17) is 5.11 Å². The van der Waals surface area contributed by atoms with Gasteiger partial charge in [0.25, 0.3) is 5.56 Å². The number of nitrogens with one attached hydrogen (secondary N) is 1. The normalized spacial score (nSPS) is 23.9. The monoisotopic (exact) mass is 221 g/mol. The van der Waals surface area contributed by atoms with Gasteiger partial charge >= 0.3 is 5.97 Å². The van der Waals surface area contributed by atoms with E-state index in [9.17, 15) is 9.59 Å². The van der Waals surface area contributed by atoms with Crippen LogP contribution in [0.25, 0.3) is 0 Å². The summed E-state index contributed by atoms with van der Waals surface area (Å²) < 4.78 is 0. The van der Waals surface area contributed by atoms with Gasteiger partial charge in [0.05, 0.1) is 0 Å². The minimum absolute atomic E-state index is 0.152. The first-order valence-electron chi connectivity index (χ1n) is 5.47. The zero-order valence-electron chi connectivity index (χ0n) is 9.41. The van der Waals surface area contributed by atoms with E-state index in [1.165, 1.54) is 6.07 Å². The van der Waals surface area contributed by atoms with Gasteiger partial charge < -0.3 is 10.1 Å². The average molecular weight is 221 g/mol. The van der Waals surface area contributed by atoms with E-state index in [2.05, 4.69) is 18.8 Å². The molecule has 1 aliphatic rings. The van der Waals surface area contributed by atoms with E-state index in [1.807, 2.05) is 0 Å². The zero-order chi connectivity index (χ0) is 11.9. The lowest BCUT2D eigenvalue weighted by Crippen LogP contribution is -2.27. The van der Waals surface area contributed by atoms with Crippen LogP contribution in [0.1, 0.15) is 35.5 Å². The predicted molar refractivity (Wildman–Crippen MR) is 59.8 cm³/mol. The van der Waals surface area contributed by atoms with Gasteiger partial charge in [0.2, 0.25) is 0 Å². The number of hydrogen-bond acceptors (Lipinski definition) is 2. The second kappa shape index (κ2) is 3.77. The largest absolute Gasteiger partial charge is 0.477 e. The highest BCUT2D eigenvalue weighted by Gasteiger charge is 2.24. The Kier molecular flexibility index (Phi) is 2.58. The van der Waals surface area contributed by atoms with Crippen LogP contribution >= 0.6 is 0 Å². The van der Waals surface area contributed by atoms with Crippen LogP contribution in [0.3, 0.4) is 0 Å². The van der Waals surface area contributed by atoms with Crippen molar-refractivity contribution in [2.75, 3.05) is 0 Å². The molecule has 0 bridgehead atoms. The van der Waals surface area contributed by atoms with Crippen molar-refractivity contribution >= 4 is 5.97 Å². The zero-order valence-corrected chi connectivity index (χ0v) is 9.41. The molecule has 0 radical (unpaired) electrons. The molecule has 2 rings (SSSR count). The molecule has 4 nitrogen and oxygen atoms in total. The standard InChI is InChI=1S/C12H15NO3/c1-6-3-8-5-9(12(15)16)11(14)13-10(8)4-7(6)2/h5-7H,3-4H2,1-2H3,(H,13,14)(H,15,16). The molecule has 16 heavy (non-hydrogen) atoms. The van der Waals surface area contributed by atoms with Gasteiger partial charge in [-0.15, -0.1) is 0 Å². The van der Waals surface area contributed by atoms with Crippen LogP contribution in [0.2, 0.25) is 0 Å². The fourth-order valence-electron chi connectivity index (χ4n) is 2.21. The third-order valence-corrected chi connectivity index (χ3v) is 3.49. The van der Waals surface area contributed by atoms with E-state index in [0.717, 1.165) is 24.1 Å². The number of H-pyrrole nitrogens is 1. The minimum Gasteiger partial charge on any atom is -0.477 e. The lowest BCUT2D eigenvalue weighted by Gasteiger charge is -2.27. The lowest BCUT2D eigenvalue weighted by molar-refractivity contribution is 0.0694. The first-order valence-corrected chi connectivity index (χ1v) is 5.47. The Balaban J connectivity index is 2.51. The van der Waals surface area contributed by atoms with Crippen molar-refractivity contribution in [3.05, 3.63) is 33.2 Å². The van der Waals surface area contributed by atoms with Crippen LogP contribution in [-0.2, 0) is 12.8 Å². The quantitative estimate of drug-likeness (QED) is 0.754. The number of rotatable bonds is 1. The Bertz CT molecular complexity index is 490. The van der Waals surface area contributed by atoms with Crippen molar-refractivity contribution in [1.29, 1.82) is 0 Å². The summed E-state index contributed by atoms with van der Waals surface area (Å²) in [5, 5.41) is 8.87. The first-order chi connectivity index (χ1) is 7.49. The minimum atomic E-state index is -1.16. The number of aromatic carboxylic acids is 1. The number of pyridine rings is 1. The molecule has 86 valence electrons. The average Bonchev–Trinajstić information content (AvgIpc) is 2.19. The molecule has 0 spiro atoms. The molecule has 0 saturated carbocycles. The molecule has 4 heteroatoms. The molecule has 0 aromatic carbocycles. The molecule has 0 aliphatic heterocycles. The summed E-state index contributed by atoms with van der Waals surface area (Å²) in [7, 11) is 0. The van der Waals surface area contributed by atoms with Gasteiger partial charge in [-0.3, -0.25) is 4.79 Å². The van der Waals surface area contributed by atoms with Gasteiger partial charge in [0.15, 0.2) is 0 Å². The topological polar surface area (TPSA) is 70.2 Å². The number of carboxylic acid groups (broad SMARTS) is 1. The summed E-state index contributed by atoms with van der Waals surface area (Å²) in [5.41, 5.74) is 1.23. The van der Waals surface area contributed by atoms with Crippen LogP contribution in [0.5, 0.6) is 0 Å². The molecule has 2 atom stereocenters. The third kappa shape index (κ3) is 1.75. The van der Waals surface area contributed by atoms with Crippen molar-refractivity contribution in [3.8, 4) is 0 Å². The Morgan fingerprint density at radius 2 is 2.00 bits per heavy atom. The van der Waals surface area contributed by atoms with E-state index in [-0.39, 0.29) is 5.56 Å². The highest BCUT2D eigenvalue weighted by Crippen LogP contribution is 2.28. The van der Waals surface area contributed by atoms with Gasteiger partial charge in [-0.05, 0) is 36.3 Å². The summed E-state index contributed by atoms with van der Waals surface area (Å²) in [6.45, 7) is 4.30. The van der Waals surface area contributed by atoms with Crippen molar-refractivity contribution < 1.29 is 9.90 Å². The highest BCUT2D eigenvalue weighted by atomic mass is 16.4. The van der Waals surface area contributed by atoms with E-state index >= 15 is 0 Å². The third-order valence-electron chi connectivity index (χ3n) is 3.49. The predicted octanol–water partition coefficient (Wildman–Crippen LogP) is 1.44. The molecule has 2 N–H and O–H groups in total. The summed E-state index contributed by atoms with van der Waals surface area (Å²) in [5.74, 6) is -0.103. The van der Waals surface area contributed by atoms with Crippen LogP contribution in [0, 0.1) is 11.8 Å². The van der Waals surface area contributed by atoms with Crippen molar-refractivity contribution in [2.24, 2.45) is 11.8 Å². The Morgan fingerprint density at radius 1 is 1.38 bits per heavy atom. The van der Waals surface area contributed by atoms with Crippen molar-refractivity contribution in [3.63, 3.8) is 0 Å². The van der Waals surface area contributed by atoms with Gasteiger partial charge in [-0.25, -0.2) is 4.79 Å². The van der Waals surface area contributed by atoms with Crippen LogP contribution in [0.15, 0.2) is 10.9 Å². The fourth-order valence-corrected chi connectivity index (χ4v) is 2.21. The maximum Gasteiger partial charge on any atom is 0.341 e. The number of hydrogen-bond donors (Lipinski definition) is 2. The highest BCUT2D eigenvalue weighted by molar-refractivity contribution is 5.87. The molecule has 1 aromatic rings. The molecular formula is C12H15NO3. The SMILES string of the molecule is CC1Cc2cc(C(=O)O)c(=O)[nH]c2CC1C. The van der Waals surface area contributed by atoms with Gasteiger partial charge in [0, 0.05) is 5.69 Å². The molecule has 0 amide bonds. The number of carbonyl (C=O) groups is 1. The Labute approximate surface area is 93.3 Å². The maximum absolute atomic E-state index is 11.5. The van der Waals surface area contributed by atoms with E-state index in [0.29, 0.717) is 11.8 Å². The molecule has 1 heterocycles. The summed E-state index contributed by atoms with van der Waals surface area (Å²) in [6, 6.07) is 1.53. The summed E-state index contributed by atoms with van der Waals surface area (Å²) >= 11 is 0. The second-order valence-corrected chi connectivity index (χ2v) is 4.68. The van der Waals surface area contributed by atoms with Gasteiger partial charge in [-0.1, -0.05) is 13.8 Å². The molecule has 1 aromatic heterocycles. The lowest BCUT2D eigenvalue weighted by atomic mass is 9.80. The van der Waals surface area contributed by atoms with Crippen LogP contribution in [0.4, 0.5) is 0 Å².